The van der Waals surface area contributed by atoms with E-state index in [9.17, 15) is 24.0 Å². The molecule has 3 heterocycles. The number of fused-ring (bicyclic) bond motifs is 2. The molecule has 242 valence electrons. The van der Waals surface area contributed by atoms with Crippen LogP contribution in [0.15, 0.2) is 62.9 Å². The highest BCUT2D eigenvalue weighted by Gasteiger charge is 2.53. The Balaban J connectivity index is 1.63. The van der Waals surface area contributed by atoms with Gasteiger partial charge in [-0.05, 0) is 36.8 Å². The number of benzene rings is 2. The van der Waals surface area contributed by atoms with E-state index in [4.69, 9.17) is 33.1 Å². The largest absolute Gasteiger partial charge is 0.463 e. The lowest BCUT2D eigenvalue weighted by atomic mass is 9.97. The van der Waals surface area contributed by atoms with E-state index in [1.54, 1.807) is 28.8 Å². The van der Waals surface area contributed by atoms with Crippen LogP contribution >= 0.6 is 11.8 Å². The topological polar surface area (TPSA) is 162 Å². The van der Waals surface area contributed by atoms with Crippen molar-refractivity contribution in [3.05, 3.63) is 70.1 Å². The zero-order valence-corrected chi connectivity index (χ0v) is 26.5. The predicted octanol–water partition coefficient (Wildman–Crippen LogP) is 4.00. The van der Waals surface area contributed by atoms with Crippen molar-refractivity contribution in [2.24, 2.45) is 0 Å². The van der Waals surface area contributed by atoms with Gasteiger partial charge in [0.2, 0.25) is 0 Å². The van der Waals surface area contributed by atoms with Gasteiger partial charge in [0.05, 0.1) is 11.0 Å². The van der Waals surface area contributed by atoms with E-state index >= 15 is 0 Å². The molecule has 0 unspecified atom stereocenters. The Kier molecular flexibility index (Phi) is 9.77. The smallest absolute Gasteiger partial charge is 0.340 e. The van der Waals surface area contributed by atoms with Gasteiger partial charge in [-0.1, -0.05) is 36.0 Å². The minimum Gasteiger partial charge on any atom is -0.463 e. The lowest BCUT2D eigenvalue weighted by molar-refractivity contribution is -0.269. The molecule has 1 aliphatic heterocycles. The number of esters is 4. The summed E-state index contributed by atoms with van der Waals surface area (Å²) in [4.78, 5) is 66.4. The average Bonchev–Trinajstić information content (AvgIpc) is 3.33. The van der Waals surface area contributed by atoms with E-state index in [0.29, 0.717) is 27.3 Å². The van der Waals surface area contributed by atoms with Crippen LogP contribution < -0.4 is 5.63 Å². The van der Waals surface area contributed by atoms with Crippen LogP contribution in [0.25, 0.3) is 22.0 Å². The van der Waals surface area contributed by atoms with Crippen LogP contribution in [0.3, 0.4) is 0 Å². The Labute approximate surface area is 267 Å². The van der Waals surface area contributed by atoms with E-state index in [1.807, 2.05) is 31.2 Å². The molecule has 1 fully saturated rings. The van der Waals surface area contributed by atoms with Gasteiger partial charge in [-0.15, -0.1) is 0 Å². The fourth-order valence-electron chi connectivity index (χ4n) is 5.30. The summed E-state index contributed by atoms with van der Waals surface area (Å²) in [5.41, 5.74) is 2.41. The van der Waals surface area contributed by atoms with Crippen molar-refractivity contribution in [2.75, 3.05) is 6.61 Å². The molecule has 1 saturated heterocycles. The SMILES string of the molecule is CC(=O)OC[C@H]1O[C@@H](n2c(SCc3cc4ccccc4oc3=O)nc3cc(C)ccc32)[C@H](OC(C)=O)[C@@H](OC(C)=O)[C@@H]1OC(C)=O. The van der Waals surface area contributed by atoms with Gasteiger partial charge in [0, 0.05) is 44.4 Å². The van der Waals surface area contributed by atoms with E-state index in [0.717, 1.165) is 24.8 Å². The number of rotatable bonds is 9. The summed E-state index contributed by atoms with van der Waals surface area (Å²) in [6.07, 6.45) is -6.39. The first-order chi connectivity index (χ1) is 21.9. The summed E-state index contributed by atoms with van der Waals surface area (Å²) >= 11 is 1.21. The highest BCUT2D eigenvalue weighted by atomic mass is 32.2. The third-order valence-electron chi connectivity index (χ3n) is 7.10. The lowest BCUT2D eigenvalue weighted by Gasteiger charge is -2.45. The Bertz CT molecular complexity index is 1870. The molecule has 0 N–H and O–H groups in total. The lowest BCUT2D eigenvalue weighted by Crippen LogP contribution is -2.60. The number of hydrogen-bond donors (Lipinski definition) is 0. The Hall–Kier alpha value is -4.69. The summed E-state index contributed by atoms with van der Waals surface area (Å²) in [6.45, 7) is 6.23. The third kappa shape index (κ3) is 7.23. The van der Waals surface area contributed by atoms with Crippen LogP contribution in [-0.4, -0.2) is 64.5 Å². The number of imidazole rings is 1. The Morgan fingerprint density at radius 3 is 2.24 bits per heavy atom. The first-order valence-corrected chi connectivity index (χ1v) is 15.3. The van der Waals surface area contributed by atoms with Crippen molar-refractivity contribution in [2.45, 2.75) is 76.2 Å². The molecule has 14 heteroatoms. The molecule has 5 atom stereocenters. The minimum atomic E-state index is -1.36. The van der Waals surface area contributed by atoms with E-state index < -0.39 is 60.1 Å². The maximum atomic E-state index is 12.9. The number of thioether (sulfide) groups is 1. The number of para-hydroxylation sites is 1. The third-order valence-corrected chi connectivity index (χ3v) is 8.11. The summed E-state index contributed by atoms with van der Waals surface area (Å²) in [6, 6.07) is 14.4. The van der Waals surface area contributed by atoms with Crippen LogP contribution in [0.4, 0.5) is 0 Å². The summed E-state index contributed by atoms with van der Waals surface area (Å²) in [5.74, 6) is -2.66. The van der Waals surface area contributed by atoms with Gasteiger partial charge in [0.15, 0.2) is 29.7 Å². The van der Waals surface area contributed by atoms with Gasteiger partial charge in [-0.3, -0.25) is 23.7 Å². The van der Waals surface area contributed by atoms with Crippen LogP contribution in [0.5, 0.6) is 0 Å². The van der Waals surface area contributed by atoms with Gasteiger partial charge in [0.1, 0.15) is 18.3 Å². The second kappa shape index (κ2) is 13.7. The van der Waals surface area contributed by atoms with Crippen molar-refractivity contribution in [1.29, 1.82) is 0 Å². The zero-order valence-electron chi connectivity index (χ0n) is 25.7. The molecule has 0 saturated carbocycles. The molecule has 5 rings (SSSR count). The van der Waals surface area contributed by atoms with Crippen LogP contribution in [-0.2, 0) is 48.6 Å². The van der Waals surface area contributed by atoms with Gasteiger partial charge >= 0.3 is 29.5 Å². The van der Waals surface area contributed by atoms with Crippen LogP contribution in [0.2, 0.25) is 0 Å². The number of hydrogen-bond acceptors (Lipinski definition) is 13. The number of ether oxygens (including phenoxy) is 5. The molecular weight excluding hydrogens is 620 g/mol. The average molecular weight is 653 g/mol. The molecule has 1 aliphatic rings. The van der Waals surface area contributed by atoms with Crippen LogP contribution in [0.1, 0.15) is 45.0 Å². The Morgan fingerprint density at radius 2 is 1.54 bits per heavy atom. The van der Waals surface area contributed by atoms with Crippen molar-refractivity contribution in [3.63, 3.8) is 0 Å². The van der Waals surface area contributed by atoms with Crippen molar-refractivity contribution < 1.29 is 47.3 Å². The second-order valence-electron chi connectivity index (χ2n) is 10.7. The first-order valence-electron chi connectivity index (χ1n) is 14.3. The van der Waals surface area contributed by atoms with E-state index in [-0.39, 0.29) is 12.4 Å². The summed E-state index contributed by atoms with van der Waals surface area (Å²) < 4.78 is 35.7. The van der Waals surface area contributed by atoms with E-state index in [2.05, 4.69) is 0 Å². The molecule has 2 aromatic carbocycles. The van der Waals surface area contributed by atoms with E-state index in [1.165, 1.54) is 25.6 Å². The van der Waals surface area contributed by atoms with Gasteiger partial charge in [-0.25, -0.2) is 9.78 Å². The number of carbonyl (C=O) groups excluding carboxylic acids is 4. The van der Waals surface area contributed by atoms with Crippen LogP contribution in [0, 0.1) is 6.92 Å². The highest BCUT2D eigenvalue weighted by molar-refractivity contribution is 7.98. The van der Waals surface area contributed by atoms with Gasteiger partial charge < -0.3 is 28.1 Å². The molecule has 2 aromatic heterocycles. The number of aromatic nitrogens is 2. The van der Waals surface area contributed by atoms with Crippen molar-refractivity contribution >= 4 is 57.6 Å². The summed E-state index contributed by atoms with van der Waals surface area (Å²) in [7, 11) is 0. The maximum Gasteiger partial charge on any atom is 0.340 e. The zero-order chi connectivity index (χ0) is 33.1. The minimum absolute atomic E-state index is 0.154. The van der Waals surface area contributed by atoms with Crippen molar-refractivity contribution in [1.82, 2.24) is 9.55 Å². The molecule has 46 heavy (non-hydrogen) atoms. The quantitative estimate of drug-likeness (QED) is 0.110. The van der Waals surface area contributed by atoms with Gasteiger partial charge in [-0.2, -0.15) is 0 Å². The molecule has 4 aromatic rings. The normalized spacial score (nSPS) is 21.1. The highest BCUT2D eigenvalue weighted by Crippen LogP contribution is 2.40. The molecule has 0 radical (unpaired) electrons. The fourth-order valence-corrected chi connectivity index (χ4v) is 6.29. The maximum absolute atomic E-state index is 12.9. The standard InChI is InChI=1S/C32H32N2O11S/c1-16-10-11-24-23(12-16)33-32(46-15-22-13-21-8-6-7-9-25(21)45-31(22)39)34(24)30-29(43-20(5)38)28(42-19(4)37)27(41-18(3)36)26(44-30)14-40-17(2)35/h6-13,26-30H,14-15H2,1-5H3/t26-,27-,28+,29-,30-/m1/s1. The molecule has 0 bridgehead atoms. The van der Waals surface area contributed by atoms with Gasteiger partial charge in [0.25, 0.3) is 0 Å². The molecule has 13 nitrogen and oxygen atoms in total. The number of carbonyl (C=O) groups is 4. The predicted molar refractivity (Wildman–Crippen MR) is 164 cm³/mol. The monoisotopic (exact) mass is 652 g/mol. The number of nitrogens with zero attached hydrogens (tertiary/aromatic N) is 2. The second-order valence-corrected chi connectivity index (χ2v) is 11.7. The molecule has 0 aliphatic carbocycles. The Morgan fingerprint density at radius 1 is 0.870 bits per heavy atom. The summed E-state index contributed by atoms with van der Waals surface area (Å²) in [5, 5.41) is 1.12. The molecule has 0 amide bonds. The number of aryl methyl sites for hydroxylation is 1. The fraction of sp³-hybridized carbons (Fsp3) is 0.375. The molecule has 0 spiro atoms. The van der Waals surface area contributed by atoms with Crippen molar-refractivity contribution in [3.8, 4) is 0 Å². The molecular formula is C32H32N2O11S. The first kappa shape index (κ1) is 32.7.